The summed E-state index contributed by atoms with van der Waals surface area (Å²) in [6, 6.07) is 11.1. The van der Waals surface area contributed by atoms with Crippen LogP contribution in [0.1, 0.15) is 6.92 Å². The third kappa shape index (κ3) is 4.75. The summed E-state index contributed by atoms with van der Waals surface area (Å²) in [6.07, 6.45) is 5.26. The van der Waals surface area contributed by atoms with Crippen molar-refractivity contribution in [1.29, 1.82) is 0 Å². The minimum atomic E-state index is -0.105. The SMILES string of the molecule is CC(=O)Nc1cccc(Nc2ccnc(N3CCN(c4ncccn4)CC3)n2)c1. The van der Waals surface area contributed by atoms with E-state index < -0.39 is 0 Å². The first-order valence-corrected chi connectivity index (χ1v) is 9.42. The van der Waals surface area contributed by atoms with Gasteiger partial charge in [0, 0.05) is 63.1 Å². The maximum absolute atomic E-state index is 11.2. The number of hydrogen-bond donors (Lipinski definition) is 2. The van der Waals surface area contributed by atoms with Crippen molar-refractivity contribution in [2.45, 2.75) is 6.92 Å². The van der Waals surface area contributed by atoms with Gasteiger partial charge in [-0.05, 0) is 30.3 Å². The summed E-state index contributed by atoms with van der Waals surface area (Å²) in [5.74, 6) is 2.03. The molecular formula is C20H22N8O. The van der Waals surface area contributed by atoms with Gasteiger partial charge in [-0.3, -0.25) is 4.79 Å². The third-order valence-corrected chi connectivity index (χ3v) is 4.50. The van der Waals surface area contributed by atoms with E-state index in [-0.39, 0.29) is 5.91 Å². The molecule has 0 unspecified atom stereocenters. The molecule has 0 radical (unpaired) electrons. The van der Waals surface area contributed by atoms with E-state index in [1.165, 1.54) is 6.92 Å². The highest BCUT2D eigenvalue weighted by Gasteiger charge is 2.20. The van der Waals surface area contributed by atoms with E-state index in [9.17, 15) is 4.79 Å². The molecular weight excluding hydrogens is 368 g/mol. The number of carbonyl (C=O) groups excluding carboxylic acids is 1. The van der Waals surface area contributed by atoms with E-state index in [1.807, 2.05) is 36.4 Å². The Labute approximate surface area is 168 Å². The fourth-order valence-corrected chi connectivity index (χ4v) is 3.16. The topological polar surface area (TPSA) is 99.2 Å². The van der Waals surface area contributed by atoms with E-state index in [0.717, 1.165) is 43.5 Å². The van der Waals surface area contributed by atoms with Crippen molar-refractivity contribution in [2.24, 2.45) is 0 Å². The lowest BCUT2D eigenvalue weighted by atomic mass is 10.2. The average molecular weight is 390 g/mol. The van der Waals surface area contributed by atoms with E-state index >= 15 is 0 Å². The largest absolute Gasteiger partial charge is 0.340 e. The summed E-state index contributed by atoms with van der Waals surface area (Å²) >= 11 is 0. The van der Waals surface area contributed by atoms with Gasteiger partial charge < -0.3 is 20.4 Å². The van der Waals surface area contributed by atoms with Crippen LogP contribution < -0.4 is 20.4 Å². The van der Waals surface area contributed by atoms with Crippen molar-refractivity contribution in [3.63, 3.8) is 0 Å². The molecule has 0 bridgehead atoms. The molecule has 1 aliphatic heterocycles. The third-order valence-electron chi connectivity index (χ3n) is 4.50. The van der Waals surface area contributed by atoms with Crippen LogP contribution >= 0.6 is 0 Å². The summed E-state index contributed by atoms with van der Waals surface area (Å²) < 4.78 is 0. The van der Waals surface area contributed by atoms with Gasteiger partial charge in [-0.25, -0.2) is 15.0 Å². The van der Waals surface area contributed by atoms with E-state index in [1.54, 1.807) is 18.6 Å². The van der Waals surface area contributed by atoms with Crippen molar-refractivity contribution >= 4 is 35.0 Å². The first kappa shape index (κ1) is 18.6. The van der Waals surface area contributed by atoms with Crippen LogP contribution in [-0.4, -0.2) is 52.0 Å². The second kappa shape index (κ2) is 8.51. The van der Waals surface area contributed by atoms with Crippen molar-refractivity contribution < 1.29 is 4.79 Å². The summed E-state index contributed by atoms with van der Waals surface area (Å²) in [5, 5.41) is 6.05. The minimum Gasteiger partial charge on any atom is -0.340 e. The Morgan fingerprint density at radius 2 is 1.52 bits per heavy atom. The van der Waals surface area contributed by atoms with Crippen LogP contribution in [0.2, 0.25) is 0 Å². The quantitative estimate of drug-likeness (QED) is 0.685. The zero-order valence-electron chi connectivity index (χ0n) is 16.1. The number of anilines is 5. The van der Waals surface area contributed by atoms with Gasteiger partial charge >= 0.3 is 0 Å². The summed E-state index contributed by atoms with van der Waals surface area (Å²) in [4.78, 5) is 33.3. The molecule has 0 spiro atoms. The fourth-order valence-electron chi connectivity index (χ4n) is 3.16. The van der Waals surface area contributed by atoms with Gasteiger partial charge in [-0.15, -0.1) is 0 Å². The van der Waals surface area contributed by atoms with E-state index in [4.69, 9.17) is 0 Å². The lowest BCUT2D eigenvalue weighted by Gasteiger charge is -2.34. The number of piperazine rings is 1. The Bertz CT molecular complexity index is 973. The number of nitrogens with zero attached hydrogens (tertiary/aromatic N) is 6. The van der Waals surface area contributed by atoms with Crippen LogP contribution in [0.4, 0.5) is 29.1 Å². The minimum absolute atomic E-state index is 0.105. The lowest BCUT2D eigenvalue weighted by molar-refractivity contribution is -0.114. The lowest BCUT2D eigenvalue weighted by Crippen LogP contribution is -2.47. The number of carbonyl (C=O) groups is 1. The van der Waals surface area contributed by atoms with E-state index in [0.29, 0.717) is 11.8 Å². The standard InChI is InChI=1S/C20H22N8O/c1-15(29)24-16-4-2-5-17(14-16)25-18-6-9-23-20(26-18)28-12-10-27(11-13-28)19-21-7-3-8-22-19/h2-9,14H,10-13H2,1H3,(H,24,29)(H,23,25,26). The molecule has 3 heterocycles. The summed E-state index contributed by atoms with van der Waals surface area (Å²) in [7, 11) is 0. The molecule has 0 saturated carbocycles. The molecule has 4 rings (SSSR count). The van der Waals surface area contributed by atoms with Gasteiger partial charge in [0.05, 0.1) is 0 Å². The molecule has 1 amide bonds. The molecule has 9 heteroatoms. The van der Waals surface area contributed by atoms with Gasteiger partial charge in [0.25, 0.3) is 0 Å². The van der Waals surface area contributed by atoms with Crippen LogP contribution in [0.15, 0.2) is 55.0 Å². The predicted molar refractivity (Wildman–Crippen MR) is 113 cm³/mol. The van der Waals surface area contributed by atoms with Crippen molar-refractivity contribution in [3.8, 4) is 0 Å². The molecule has 0 aliphatic carbocycles. The van der Waals surface area contributed by atoms with Crippen LogP contribution in [0, 0.1) is 0 Å². The Morgan fingerprint density at radius 3 is 2.24 bits per heavy atom. The maximum atomic E-state index is 11.2. The molecule has 1 saturated heterocycles. The zero-order chi connectivity index (χ0) is 20.1. The molecule has 148 valence electrons. The maximum Gasteiger partial charge on any atom is 0.227 e. The molecule has 9 nitrogen and oxygen atoms in total. The van der Waals surface area contributed by atoms with Crippen LogP contribution in [0.3, 0.4) is 0 Å². The molecule has 29 heavy (non-hydrogen) atoms. The number of nitrogens with one attached hydrogen (secondary N) is 2. The second-order valence-electron chi connectivity index (χ2n) is 6.65. The highest BCUT2D eigenvalue weighted by atomic mass is 16.1. The first-order chi connectivity index (χ1) is 14.2. The van der Waals surface area contributed by atoms with Crippen LogP contribution in [0.5, 0.6) is 0 Å². The van der Waals surface area contributed by atoms with Gasteiger partial charge in [-0.2, -0.15) is 4.98 Å². The Morgan fingerprint density at radius 1 is 0.862 bits per heavy atom. The molecule has 1 aromatic carbocycles. The fraction of sp³-hybridized carbons (Fsp3) is 0.250. The number of rotatable bonds is 5. The Hall–Kier alpha value is -3.75. The molecule has 1 fully saturated rings. The van der Waals surface area contributed by atoms with Crippen LogP contribution in [0.25, 0.3) is 0 Å². The Kier molecular flexibility index (Phi) is 5.46. The second-order valence-corrected chi connectivity index (χ2v) is 6.65. The predicted octanol–water partition coefficient (Wildman–Crippen LogP) is 2.30. The van der Waals surface area contributed by atoms with Crippen LogP contribution in [-0.2, 0) is 4.79 Å². The number of amides is 1. The van der Waals surface area contributed by atoms with Crippen molar-refractivity contribution in [1.82, 2.24) is 19.9 Å². The van der Waals surface area contributed by atoms with Gasteiger partial charge in [0.2, 0.25) is 17.8 Å². The van der Waals surface area contributed by atoms with Crippen molar-refractivity contribution in [3.05, 3.63) is 55.0 Å². The van der Waals surface area contributed by atoms with Crippen molar-refractivity contribution in [2.75, 3.05) is 46.6 Å². The molecule has 1 aliphatic rings. The van der Waals surface area contributed by atoms with Gasteiger partial charge in [0.15, 0.2) is 0 Å². The average Bonchev–Trinajstić information content (AvgIpc) is 2.74. The number of aromatic nitrogens is 4. The first-order valence-electron chi connectivity index (χ1n) is 9.42. The summed E-state index contributed by atoms with van der Waals surface area (Å²) in [6.45, 7) is 4.69. The highest BCUT2D eigenvalue weighted by Crippen LogP contribution is 2.21. The number of hydrogen-bond acceptors (Lipinski definition) is 8. The van der Waals surface area contributed by atoms with Gasteiger partial charge in [-0.1, -0.05) is 6.07 Å². The molecule has 2 aromatic heterocycles. The smallest absolute Gasteiger partial charge is 0.227 e. The zero-order valence-corrected chi connectivity index (χ0v) is 16.1. The highest BCUT2D eigenvalue weighted by molar-refractivity contribution is 5.89. The summed E-state index contributed by atoms with van der Waals surface area (Å²) in [5.41, 5.74) is 1.57. The van der Waals surface area contributed by atoms with Gasteiger partial charge in [0.1, 0.15) is 5.82 Å². The Balaban J connectivity index is 1.41. The molecule has 3 aromatic rings. The normalized spacial score (nSPS) is 13.8. The van der Waals surface area contributed by atoms with E-state index in [2.05, 4.69) is 40.4 Å². The monoisotopic (exact) mass is 390 g/mol. The number of benzene rings is 1. The molecule has 0 atom stereocenters. The molecule has 2 N–H and O–H groups in total.